The van der Waals surface area contributed by atoms with Crippen LogP contribution in [0.5, 0.6) is 0 Å². The van der Waals surface area contributed by atoms with Crippen molar-refractivity contribution >= 4 is 15.9 Å². The molecule has 0 aromatic carbocycles. The third kappa shape index (κ3) is 4.17. The number of nitrogens with zero attached hydrogens (tertiary/aromatic N) is 1. The molecule has 2 aliphatic rings. The van der Waals surface area contributed by atoms with Gasteiger partial charge in [-0.25, -0.2) is 12.7 Å². The van der Waals surface area contributed by atoms with E-state index >= 15 is 0 Å². The average molecular weight is 317 g/mol. The zero-order valence-corrected chi connectivity index (χ0v) is 13.8. The molecule has 6 nitrogen and oxygen atoms in total. The standard InChI is InChI=1S/C14H27N3O3S/c1-14(15)8-4-3-5-12(14)13(18)16-11-6-9-17(10-7-11)21(2,19)20/h11-12H,3-10,15H2,1-2H3,(H,16,18). The molecule has 1 heterocycles. The maximum atomic E-state index is 12.4. The average Bonchev–Trinajstić information content (AvgIpc) is 2.37. The normalized spacial score (nSPS) is 32.8. The van der Waals surface area contributed by atoms with Crippen LogP contribution in [0.15, 0.2) is 0 Å². The summed E-state index contributed by atoms with van der Waals surface area (Å²) in [5.74, 6) is -0.0864. The molecule has 0 aromatic rings. The molecule has 122 valence electrons. The van der Waals surface area contributed by atoms with Crippen molar-refractivity contribution < 1.29 is 13.2 Å². The van der Waals surface area contributed by atoms with Crippen LogP contribution >= 0.6 is 0 Å². The first-order valence-electron chi connectivity index (χ1n) is 7.74. The Labute approximate surface area is 127 Å². The van der Waals surface area contributed by atoms with Gasteiger partial charge in [-0.15, -0.1) is 0 Å². The summed E-state index contributed by atoms with van der Waals surface area (Å²) in [6, 6.07) is 0.0632. The molecule has 21 heavy (non-hydrogen) atoms. The second-order valence-corrected chi connectivity index (χ2v) is 8.73. The number of carbonyl (C=O) groups excluding carboxylic acids is 1. The number of nitrogens with two attached hydrogens (primary N) is 1. The Kier molecular flexibility index (Phi) is 4.95. The Balaban J connectivity index is 1.87. The molecule has 0 bridgehead atoms. The summed E-state index contributed by atoms with van der Waals surface area (Å²) in [5.41, 5.74) is 5.84. The van der Waals surface area contributed by atoms with Gasteiger partial charge in [-0.2, -0.15) is 0 Å². The maximum Gasteiger partial charge on any atom is 0.225 e. The smallest absolute Gasteiger partial charge is 0.225 e. The summed E-state index contributed by atoms with van der Waals surface area (Å²) in [6.07, 6.45) is 6.45. The molecule has 0 spiro atoms. The highest BCUT2D eigenvalue weighted by atomic mass is 32.2. The lowest BCUT2D eigenvalue weighted by atomic mass is 9.74. The predicted molar refractivity (Wildman–Crippen MR) is 82.1 cm³/mol. The van der Waals surface area contributed by atoms with Crippen LogP contribution in [0.2, 0.25) is 0 Å². The van der Waals surface area contributed by atoms with Gasteiger partial charge < -0.3 is 11.1 Å². The minimum absolute atomic E-state index is 0.0394. The van der Waals surface area contributed by atoms with Crippen LogP contribution in [0.1, 0.15) is 45.4 Å². The molecular weight excluding hydrogens is 290 g/mol. The van der Waals surface area contributed by atoms with Gasteiger partial charge in [0.25, 0.3) is 0 Å². The van der Waals surface area contributed by atoms with Crippen LogP contribution in [-0.4, -0.2) is 49.6 Å². The molecule has 3 N–H and O–H groups in total. The number of piperidine rings is 1. The Morgan fingerprint density at radius 1 is 1.24 bits per heavy atom. The van der Waals surface area contributed by atoms with E-state index in [1.54, 1.807) is 0 Å². The van der Waals surface area contributed by atoms with E-state index in [4.69, 9.17) is 5.73 Å². The molecule has 2 atom stereocenters. The zero-order chi connectivity index (χ0) is 15.7. The first kappa shape index (κ1) is 16.7. The fraction of sp³-hybridized carbons (Fsp3) is 0.929. The molecular formula is C14H27N3O3S. The summed E-state index contributed by atoms with van der Waals surface area (Å²) in [4.78, 5) is 12.4. The van der Waals surface area contributed by atoms with Crippen molar-refractivity contribution in [2.75, 3.05) is 19.3 Å². The van der Waals surface area contributed by atoms with Gasteiger partial charge in [-0.1, -0.05) is 12.8 Å². The van der Waals surface area contributed by atoms with Crippen molar-refractivity contribution in [1.82, 2.24) is 9.62 Å². The molecule has 0 aromatic heterocycles. The SMILES string of the molecule is CC1(N)CCCCC1C(=O)NC1CCN(S(C)(=O)=O)CC1. The van der Waals surface area contributed by atoms with Gasteiger partial charge in [-0.05, 0) is 32.6 Å². The summed E-state index contributed by atoms with van der Waals surface area (Å²) in [5, 5.41) is 3.08. The van der Waals surface area contributed by atoms with Crippen LogP contribution in [0.3, 0.4) is 0 Å². The summed E-state index contributed by atoms with van der Waals surface area (Å²) in [7, 11) is -3.12. The van der Waals surface area contributed by atoms with E-state index in [-0.39, 0.29) is 17.9 Å². The third-order valence-electron chi connectivity index (χ3n) is 4.84. The monoisotopic (exact) mass is 317 g/mol. The minimum atomic E-state index is -3.12. The fourth-order valence-corrected chi connectivity index (χ4v) is 4.30. The molecule has 1 saturated heterocycles. The second-order valence-electron chi connectivity index (χ2n) is 6.75. The van der Waals surface area contributed by atoms with Crippen molar-refractivity contribution in [2.45, 2.75) is 57.0 Å². The number of rotatable bonds is 3. The maximum absolute atomic E-state index is 12.4. The Bertz CT molecular complexity index is 482. The molecule has 1 aliphatic carbocycles. The Morgan fingerprint density at radius 2 is 1.86 bits per heavy atom. The zero-order valence-electron chi connectivity index (χ0n) is 13.0. The first-order chi connectivity index (χ1) is 9.70. The topological polar surface area (TPSA) is 92.5 Å². The van der Waals surface area contributed by atoms with Gasteiger partial charge in [0.2, 0.25) is 15.9 Å². The van der Waals surface area contributed by atoms with Crippen molar-refractivity contribution in [2.24, 2.45) is 11.7 Å². The first-order valence-corrected chi connectivity index (χ1v) is 9.59. The summed E-state index contributed by atoms with van der Waals surface area (Å²) in [6.45, 7) is 2.92. The van der Waals surface area contributed by atoms with E-state index in [1.807, 2.05) is 6.92 Å². The fourth-order valence-electron chi connectivity index (χ4n) is 3.42. The van der Waals surface area contributed by atoms with Gasteiger partial charge in [-0.3, -0.25) is 4.79 Å². The van der Waals surface area contributed by atoms with E-state index < -0.39 is 15.6 Å². The van der Waals surface area contributed by atoms with E-state index in [9.17, 15) is 13.2 Å². The van der Waals surface area contributed by atoms with Crippen LogP contribution < -0.4 is 11.1 Å². The molecule has 7 heteroatoms. The van der Waals surface area contributed by atoms with E-state index in [2.05, 4.69) is 5.32 Å². The lowest BCUT2D eigenvalue weighted by molar-refractivity contribution is -0.129. The van der Waals surface area contributed by atoms with Gasteiger partial charge in [0.05, 0.1) is 12.2 Å². The van der Waals surface area contributed by atoms with Crippen LogP contribution in [0.25, 0.3) is 0 Å². The molecule has 0 radical (unpaired) electrons. The largest absolute Gasteiger partial charge is 0.353 e. The summed E-state index contributed by atoms with van der Waals surface area (Å²) < 4.78 is 24.4. The number of hydrogen-bond acceptors (Lipinski definition) is 4. The molecule has 2 fully saturated rings. The van der Waals surface area contributed by atoms with Crippen LogP contribution in [0.4, 0.5) is 0 Å². The van der Waals surface area contributed by atoms with Gasteiger partial charge in [0, 0.05) is 24.7 Å². The third-order valence-corrected chi connectivity index (χ3v) is 6.14. The molecule has 2 unspecified atom stereocenters. The quantitative estimate of drug-likeness (QED) is 0.790. The van der Waals surface area contributed by atoms with Gasteiger partial charge in [0.1, 0.15) is 0 Å². The lowest BCUT2D eigenvalue weighted by Crippen LogP contribution is -2.55. The van der Waals surface area contributed by atoms with Crippen molar-refractivity contribution in [3.8, 4) is 0 Å². The van der Waals surface area contributed by atoms with Crippen molar-refractivity contribution in [3.05, 3.63) is 0 Å². The number of carbonyl (C=O) groups is 1. The van der Waals surface area contributed by atoms with Crippen LogP contribution in [0, 0.1) is 5.92 Å². The number of nitrogens with one attached hydrogen (secondary N) is 1. The van der Waals surface area contributed by atoms with Gasteiger partial charge >= 0.3 is 0 Å². The second kappa shape index (κ2) is 6.22. The highest BCUT2D eigenvalue weighted by molar-refractivity contribution is 7.88. The molecule has 1 saturated carbocycles. The van der Waals surface area contributed by atoms with E-state index in [0.717, 1.165) is 25.7 Å². The number of hydrogen-bond donors (Lipinski definition) is 2. The number of sulfonamides is 1. The van der Waals surface area contributed by atoms with E-state index in [1.165, 1.54) is 10.6 Å². The number of amides is 1. The predicted octanol–water partition coefficient (Wildman–Crippen LogP) is 0.434. The molecule has 1 aliphatic heterocycles. The van der Waals surface area contributed by atoms with Crippen molar-refractivity contribution in [1.29, 1.82) is 0 Å². The lowest BCUT2D eigenvalue weighted by Gasteiger charge is -2.39. The highest BCUT2D eigenvalue weighted by Gasteiger charge is 2.38. The Hall–Kier alpha value is -0.660. The highest BCUT2D eigenvalue weighted by Crippen LogP contribution is 2.32. The molecule has 1 amide bonds. The van der Waals surface area contributed by atoms with Crippen molar-refractivity contribution in [3.63, 3.8) is 0 Å². The van der Waals surface area contributed by atoms with Gasteiger partial charge in [0.15, 0.2) is 0 Å². The summed E-state index contributed by atoms with van der Waals surface area (Å²) >= 11 is 0. The minimum Gasteiger partial charge on any atom is -0.353 e. The Morgan fingerprint density at radius 3 is 2.38 bits per heavy atom. The molecule has 2 rings (SSSR count). The van der Waals surface area contributed by atoms with Crippen LogP contribution in [-0.2, 0) is 14.8 Å². The van der Waals surface area contributed by atoms with E-state index in [0.29, 0.717) is 25.9 Å².